The van der Waals surface area contributed by atoms with Gasteiger partial charge in [0.25, 0.3) is 0 Å². The van der Waals surface area contributed by atoms with Crippen LogP contribution in [0.3, 0.4) is 0 Å². The average molecular weight is 258 g/mol. The quantitative estimate of drug-likeness (QED) is 0.790. The Bertz CT molecular complexity index is 604. The molecule has 0 spiro atoms. The lowest BCUT2D eigenvalue weighted by Gasteiger charge is -2.05. The highest BCUT2D eigenvalue weighted by molar-refractivity contribution is 7.92. The minimum Gasteiger partial charge on any atom is -0.224 e. The molecule has 0 aromatic heterocycles. The lowest BCUT2D eigenvalue weighted by molar-refractivity contribution is 0.600. The van der Waals surface area contributed by atoms with Crippen LogP contribution in [-0.2, 0) is 9.84 Å². The van der Waals surface area contributed by atoms with Gasteiger partial charge >= 0.3 is 0 Å². The summed E-state index contributed by atoms with van der Waals surface area (Å²) in [6, 6.07) is 17.0. The summed E-state index contributed by atoms with van der Waals surface area (Å²) in [6.07, 6.45) is 0. The van der Waals surface area contributed by atoms with Gasteiger partial charge in [-0.05, 0) is 23.3 Å². The molecule has 0 unspecified atom stereocenters. The molecule has 0 saturated carbocycles. The Balaban J connectivity index is 2.32. The van der Waals surface area contributed by atoms with E-state index in [0.29, 0.717) is 12.2 Å². The first-order valence-electron chi connectivity index (χ1n) is 6.02. The third kappa shape index (κ3) is 2.82. The summed E-state index contributed by atoms with van der Waals surface area (Å²) >= 11 is 0. The van der Waals surface area contributed by atoms with E-state index in [0.717, 1.165) is 11.1 Å². The number of rotatable bonds is 4. The Morgan fingerprint density at radius 2 is 1.44 bits per heavy atom. The number of benzene rings is 2. The Morgan fingerprint density at radius 1 is 0.889 bits per heavy atom. The largest absolute Gasteiger partial charge is 0.224 e. The highest BCUT2D eigenvalue weighted by Crippen LogP contribution is 2.21. The van der Waals surface area contributed by atoms with Gasteiger partial charge in [-0.3, -0.25) is 0 Å². The number of hydrogen-bond acceptors (Lipinski definition) is 2. The molecule has 0 N–H and O–H groups in total. The summed E-state index contributed by atoms with van der Waals surface area (Å²) in [5.74, 6) is 0. The van der Waals surface area contributed by atoms with Crippen molar-refractivity contribution in [3.8, 4) is 11.1 Å². The molecule has 0 aliphatic carbocycles. The molecule has 18 heavy (non-hydrogen) atoms. The second-order valence-electron chi connectivity index (χ2n) is 4.21. The smallest absolute Gasteiger partial charge is 0.171 e. The molecular formula is C14H15BO2S. The lowest BCUT2D eigenvalue weighted by atomic mass is 9.87. The molecule has 0 heterocycles. The topological polar surface area (TPSA) is 34.1 Å². The van der Waals surface area contributed by atoms with Gasteiger partial charge in [0.2, 0.25) is 0 Å². The van der Waals surface area contributed by atoms with E-state index < -0.39 is 9.84 Å². The minimum atomic E-state index is -3.11. The van der Waals surface area contributed by atoms with E-state index in [4.69, 9.17) is 0 Å². The van der Waals surface area contributed by atoms with Gasteiger partial charge in [-0.2, -0.15) is 0 Å². The van der Waals surface area contributed by atoms with E-state index in [1.807, 2.05) is 49.3 Å². The number of hydrogen-bond donors (Lipinski definition) is 0. The van der Waals surface area contributed by atoms with E-state index in [2.05, 4.69) is 0 Å². The average Bonchev–Trinajstić information content (AvgIpc) is 2.40. The monoisotopic (exact) mass is 258 g/mol. The maximum Gasteiger partial charge on any atom is 0.171 e. The highest BCUT2D eigenvalue weighted by Gasteiger charge is 2.12. The molecule has 0 aliphatic rings. The van der Waals surface area contributed by atoms with Crippen LogP contribution in [0.4, 0.5) is 0 Å². The fourth-order valence-electron chi connectivity index (χ4n) is 1.87. The summed E-state index contributed by atoms with van der Waals surface area (Å²) in [4.78, 5) is 0.407. The van der Waals surface area contributed by atoms with Gasteiger partial charge in [-0.25, -0.2) is 8.42 Å². The first-order chi connectivity index (χ1) is 8.63. The summed E-state index contributed by atoms with van der Waals surface area (Å²) in [7, 11) is -2.47. The van der Waals surface area contributed by atoms with Crippen molar-refractivity contribution in [1.82, 2.24) is 0 Å². The summed E-state index contributed by atoms with van der Waals surface area (Å²) < 4.78 is 23.8. The molecule has 2 nitrogen and oxygen atoms in total. The molecule has 2 aromatic rings. The Labute approximate surface area is 109 Å². The predicted molar refractivity (Wildman–Crippen MR) is 76.9 cm³/mol. The van der Waals surface area contributed by atoms with Crippen molar-refractivity contribution in [2.75, 3.05) is 5.65 Å². The van der Waals surface area contributed by atoms with E-state index in [-0.39, 0.29) is 5.65 Å². The fraction of sp³-hybridized carbons (Fsp3) is 0.143. The summed E-state index contributed by atoms with van der Waals surface area (Å²) in [5, 5.41) is 0. The third-order valence-corrected chi connectivity index (χ3v) is 4.73. The molecule has 0 radical (unpaired) electrons. The second kappa shape index (κ2) is 5.40. The Morgan fingerprint density at radius 3 is 2.00 bits per heavy atom. The van der Waals surface area contributed by atoms with Crippen LogP contribution in [-0.4, -0.2) is 21.3 Å². The van der Waals surface area contributed by atoms with Gasteiger partial charge in [0, 0.05) is 5.65 Å². The molecule has 0 bridgehead atoms. The summed E-state index contributed by atoms with van der Waals surface area (Å²) in [5.41, 5.74) is 2.33. The van der Waals surface area contributed by atoms with Gasteiger partial charge in [0.15, 0.2) is 9.84 Å². The van der Waals surface area contributed by atoms with Gasteiger partial charge in [0.1, 0.15) is 7.28 Å². The van der Waals surface area contributed by atoms with Crippen molar-refractivity contribution in [3.63, 3.8) is 0 Å². The van der Waals surface area contributed by atoms with Crippen LogP contribution >= 0.6 is 0 Å². The summed E-state index contributed by atoms with van der Waals surface area (Å²) in [6.45, 7) is 1.87. The van der Waals surface area contributed by atoms with Gasteiger partial charge < -0.3 is 0 Å². The first-order valence-corrected chi connectivity index (χ1v) is 7.67. The van der Waals surface area contributed by atoms with E-state index in [9.17, 15) is 8.42 Å². The zero-order chi connectivity index (χ0) is 13.0. The molecule has 0 aliphatic heterocycles. The SMILES string of the molecule is CBCS(=O)(=O)c1ccc(-c2ccccc2)cc1. The molecule has 0 amide bonds. The Kier molecular flexibility index (Phi) is 3.87. The van der Waals surface area contributed by atoms with Crippen molar-refractivity contribution < 1.29 is 8.42 Å². The first kappa shape index (κ1) is 12.9. The van der Waals surface area contributed by atoms with Gasteiger partial charge in [-0.1, -0.05) is 49.3 Å². The van der Waals surface area contributed by atoms with Crippen LogP contribution in [0.15, 0.2) is 59.5 Å². The van der Waals surface area contributed by atoms with Crippen LogP contribution in [0.25, 0.3) is 11.1 Å². The van der Waals surface area contributed by atoms with Crippen molar-refractivity contribution in [1.29, 1.82) is 0 Å². The molecule has 0 atom stereocenters. The normalized spacial score (nSPS) is 11.2. The van der Waals surface area contributed by atoms with Crippen LogP contribution in [0.2, 0.25) is 6.82 Å². The van der Waals surface area contributed by atoms with Crippen molar-refractivity contribution in [2.24, 2.45) is 0 Å². The van der Waals surface area contributed by atoms with E-state index >= 15 is 0 Å². The maximum atomic E-state index is 11.9. The van der Waals surface area contributed by atoms with Crippen molar-refractivity contribution in [3.05, 3.63) is 54.6 Å². The molecular weight excluding hydrogens is 243 g/mol. The molecule has 2 rings (SSSR count). The zero-order valence-electron chi connectivity index (χ0n) is 10.3. The van der Waals surface area contributed by atoms with Crippen molar-refractivity contribution >= 4 is 17.1 Å². The van der Waals surface area contributed by atoms with Crippen LogP contribution < -0.4 is 0 Å². The molecule has 2 aromatic carbocycles. The molecule has 92 valence electrons. The van der Waals surface area contributed by atoms with Gasteiger partial charge in [-0.15, -0.1) is 0 Å². The van der Waals surface area contributed by atoms with Crippen LogP contribution in [0.1, 0.15) is 0 Å². The molecule has 4 heteroatoms. The third-order valence-electron chi connectivity index (χ3n) is 2.79. The fourth-order valence-corrected chi connectivity index (χ4v) is 3.20. The second-order valence-corrected chi connectivity index (χ2v) is 6.32. The highest BCUT2D eigenvalue weighted by atomic mass is 32.2. The number of sulfone groups is 1. The molecule has 0 saturated heterocycles. The van der Waals surface area contributed by atoms with E-state index in [1.165, 1.54) is 0 Å². The standard InChI is InChI=1S/C14H15BO2S/c1-15-11-18(16,17)14-9-7-13(8-10-14)12-5-3-2-4-6-12/h2-10,15H,11H2,1H3. The Hall–Kier alpha value is -1.55. The molecule has 0 fully saturated rings. The van der Waals surface area contributed by atoms with Crippen molar-refractivity contribution in [2.45, 2.75) is 11.7 Å². The zero-order valence-corrected chi connectivity index (χ0v) is 11.2. The van der Waals surface area contributed by atoms with Crippen LogP contribution in [0, 0.1) is 0 Å². The van der Waals surface area contributed by atoms with Gasteiger partial charge in [0.05, 0.1) is 4.90 Å². The minimum absolute atomic E-state index is 0.206. The van der Waals surface area contributed by atoms with Crippen LogP contribution in [0.5, 0.6) is 0 Å². The predicted octanol–water partition coefficient (Wildman–Crippen LogP) is 2.57. The van der Waals surface area contributed by atoms with E-state index in [1.54, 1.807) is 12.1 Å². The lowest BCUT2D eigenvalue weighted by Crippen LogP contribution is -2.10. The maximum absolute atomic E-state index is 11.9.